The second kappa shape index (κ2) is 12.2. The van der Waals surface area contributed by atoms with E-state index >= 15 is 0 Å². The van der Waals surface area contributed by atoms with E-state index in [4.69, 9.17) is 0 Å². The van der Waals surface area contributed by atoms with Crippen molar-refractivity contribution < 1.29 is 0 Å². The summed E-state index contributed by atoms with van der Waals surface area (Å²) in [4.78, 5) is 4.34. The molecule has 0 N–H and O–H groups in total. The average molecular weight is 382 g/mol. The molecule has 0 spiro atoms. The Morgan fingerprint density at radius 3 is 2.06 bits per heavy atom. The molecule has 1 rings (SSSR count). The first-order valence-corrected chi connectivity index (χ1v) is 7.99. The third-order valence-corrected chi connectivity index (χ3v) is 3.77. The molecule has 0 bridgehead atoms. The van der Waals surface area contributed by atoms with Crippen LogP contribution in [0.3, 0.4) is 0 Å². The van der Waals surface area contributed by atoms with E-state index in [1.165, 1.54) is 57.2 Å². The van der Waals surface area contributed by atoms with Gasteiger partial charge in [-0.05, 0) is 12.8 Å². The maximum absolute atomic E-state index is 4.34. The van der Waals surface area contributed by atoms with E-state index < -0.39 is 0 Å². The fraction of sp³-hybridized carbons (Fsp3) is 0.786. The molecule has 0 aromatic carbocycles. The van der Waals surface area contributed by atoms with Crippen LogP contribution < -0.4 is 0 Å². The first kappa shape index (κ1) is 18.2. The Kier molecular flexibility index (Phi) is 12.3. The van der Waals surface area contributed by atoms with E-state index in [1.54, 1.807) is 0 Å². The van der Waals surface area contributed by atoms with Gasteiger partial charge in [-0.25, -0.2) is 4.98 Å². The largest absolute Gasteiger partial charge is 0.338 e. The Morgan fingerprint density at radius 2 is 1.56 bits per heavy atom. The molecule has 4 heteroatoms. The molecule has 0 aliphatic heterocycles. The second-order valence-corrected chi connectivity index (χ2v) is 5.51. The molecule has 0 fully saturated rings. The van der Waals surface area contributed by atoms with E-state index in [-0.39, 0.29) is 17.0 Å². The fourth-order valence-electron chi connectivity index (χ4n) is 2.08. The van der Waals surface area contributed by atoms with Crippen molar-refractivity contribution in [2.45, 2.75) is 57.8 Å². The number of unbranched alkanes of at least 4 members (excludes halogenated alkanes) is 7. The van der Waals surface area contributed by atoms with Gasteiger partial charge in [-0.1, -0.05) is 54.5 Å². The van der Waals surface area contributed by atoms with Gasteiger partial charge in [-0.3, -0.25) is 0 Å². The summed E-state index contributed by atoms with van der Waals surface area (Å²) in [5.74, 6) is 1.22. The molecule has 0 aliphatic carbocycles. The van der Waals surface area contributed by atoms with E-state index in [0.717, 1.165) is 11.8 Å². The van der Waals surface area contributed by atoms with Gasteiger partial charge in [-0.2, -0.15) is 0 Å². The number of halogens is 2. The summed E-state index contributed by atoms with van der Waals surface area (Å²) in [6, 6.07) is 0. The summed E-state index contributed by atoms with van der Waals surface area (Å²) in [5.41, 5.74) is 0. The van der Waals surface area contributed by atoms with Crippen LogP contribution in [0.4, 0.5) is 0 Å². The van der Waals surface area contributed by atoms with Crippen molar-refractivity contribution >= 4 is 32.9 Å². The highest BCUT2D eigenvalue weighted by atomic mass is 79.9. The Balaban J connectivity index is 0.00000289. The van der Waals surface area contributed by atoms with Crippen LogP contribution in [-0.2, 0) is 13.5 Å². The zero-order valence-corrected chi connectivity index (χ0v) is 14.7. The molecule has 0 saturated heterocycles. The zero-order chi connectivity index (χ0) is 12.3. The van der Waals surface area contributed by atoms with Gasteiger partial charge in [0.2, 0.25) is 0 Å². The molecule has 1 heterocycles. The van der Waals surface area contributed by atoms with Gasteiger partial charge in [0, 0.05) is 31.2 Å². The van der Waals surface area contributed by atoms with Gasteiger partial charge in [-0.15, -0.1) is 17.0 Å². The van der Waals surface area contributed by atoms with Gasteiger partial charge >= 0.3 is 0 Å². The number of imidazole rings is 1. The van der Waals surface area contributed by atoms with Crippen LogP contribution in [0.2, 0.25) is 0 Å². The fourth-order valence-corrected chi connectivity index (χ4v) is 2.47. The van der Waals surface area contributed by atoms with Gasteiger partial charge in [0.15, 0.2) is 0 Å². The third kappa shape index (κ3) is 8.30. The summed E-state index contributed by atoms with van der Waals surface area (Å²) < 4.78 is 2.13. The van der Waals surface area contributed by atoms with Crippen LogP contribution in [0.5, 0.6) is 0 Å². The van der Waals surface area contributed by atoms with Crippen LogP contribution in [-0.4, -0.2) is 14.9 Å². The monoisotopic (exact) mass is 380 g/mol. The Labute approximate surface area is 130 Å². The van der Waals surface area contributed by atoms with E-state index in [1.807, 2.05) is 12.4 Å². The molecule has 0 saturated carbocycles. The Morgan fingerprint density at radius 1 is 1.00 bits per heavy atom. The first-order chi connectivity index (χ1) is 8.34. The molecule has 106 valence electrons. The second-order valence-electron chi connectivity index (χ2n) is 4.72. The molecule has 0 atom stereocenters. The average Bonchev–Trinajstić information content (AvgIpc) is 2.73. The number of aryl methyl sites for hydroxylation is 2. The van der Waals surface area contributed by atoms with Crippen molar-refractivity contribution in [3.8, 4) is 0 Å². The predicted molar refractivity (Wildman–Crippen MR) is 88.0 cm³/mol. The minimum absolute atomic E-state index is 0. The Hall–Kier alpha value is 0.170. The van der Waals surface area contributed by atoms with Crippen LogP contribution in [0, 0.1) is 0 Å². The van der Waals surface area contributed by atoms with Gasteiger partial charge in [0.1, 0.15) is 5.82 Å². The Bertz CT molecular complexity index is 287. The number of hydrogen-bond acceptors (Lipinski definition) is 1. The number of nitrogens with zero attached hydrogens (tertiary/aromatic N) is 2. The van der Waals surface area contributed by atoms with Gasteiger partial charge in [0.05, 0.1) is 0 Å². The van der Waals surface area contributed by atoms with Crippen molar-refractivity contribution in [2.24, 2.45) is 7.05 Å². The van der Waals surface area contributed by atoms with E-state index in [9.17, 15) is 0 Å². The smallest absolute Gasteiger partial charge is 0.108 e. The van der Waals surface area contributed by atoms with Crippen molar-refractivity contribution in [2.75, 3.05) is 5.33 Å². The molecule has 0 amide bonds. The zero-order valence-electron chi connectivity index (χ0n) is 11.4. The molecule has 2 nitrogen and oxygen atoms in total. The van der Waals surface area contributed by atoms with E-state index in [0.29, 0.717) is 0 Å². The lowest BCUT2D eigenvalue weighted by Crippen LogP contribution is -1.97. The lowest BCUT2D eigenvalue weighted by Gasteiger charge is -2.02. The highest BCUT2D eigenvalue weighted by molar-refractivity contribution is 9.09. The number of alkyl halides is 1. The van der Waals surface area contributed by atoms with Crippen LogP contribution in [0.25, 0.3) is 0 Å². The summed E-state index contributed by atoms with van der Waals surface area (Å²) in [5, 5.41) is 1.16. The highest BCUT2D eigenvalue weighted by Crippen LogP contribution is 2.10. The van der Waals surface area contributed by atoms with Crippen molar-refractivity contribution in [1.29, 1.82) is 0 Å². The predicted octanol–water partition coefficient (Wildman–Crippen LogP) is 5.06. The number of rotatable bonds is 10. The van der Waals surface area contributed by atoms with Crippen LogP contribution in [0.15, 0.2) is 12.4 Å². The molecule has 1 aromatic rings. The molecular formula is C14H26Br2N2. The number of hydrogen-bond donors (Lipinski definition) is 0. The minimum atomic E-state index is 0. The maximum Gasteiger partial charge on any atom is 0.108 e. The standard InChI is InChI=1S/C14H25BrN2.BrH/c1-17-13-12-16-14(17)10-8-6-4-2-3-5-7-9-11-15;/h12-13H,2-11H2,1H3;1H. The topological polar surface area (TPSA) is 17.8 Å². The summed E-state index contributed by atoms with van der Waals surface area (Å²) in [7, 11) is 2.08. The normalized spacial score (nSPS) is 10.3. The molecule has 0 aliphatic rings. The van der Waals surface area contributed by atoms with Crippen molar-refractivity contribution in [1.82, 2.24) is 9.55 Å². The molecule has 0 unspecified atom stereocenters. The van der Waals surface area contributed by atoms with Gasteiger partial charge in [0.25, 0.3) is 0 Å². The van der Waals surface area contributed by atoms with Gasteiger partial charge < -0.3 is 4.57 Å². The van der Waals surface area contributed by atoms with Crippen molar-refractivity contribution in [3.05, 3.63) is 18.2 Å². The maximum atomic E-state index is 4.34. The third-order valence-electron chi connectivity index (χ3n) is 3.20. The van der Waals surface area contributed by atoms with Crippen LogP contribution >= 0.6 is 32.9 Å². The minimum Gasteiger partial charge on any atom is -0.338 e. The molecule has 18 heavy (non-hydrogen) atoms. The molecular weight excluding hydrogens is 356 g/mol. The van der Waals surface area contributed by atoms with E-state index in [2.05, 4.69) is 32.5 Å². The molecule has 0 radical (unpaired) electrons. The summed E-state index contributed by atoms with van der Waals surface area (Å²) in [6.07, 6.45) is 16.0. The number of aromatic nitrogens is 2. The SMILES string of the molecule is Br.Cn1ccnc1CCCCCCCCCCBr. The summed E-state index contributed by atoms with van der Waals surface area (Å²) >= 11 is 3.47. The summed E-state index contributed by atoms with van der Waals surface area (Å²) in [6.45, 7) is 0. The lowest BCUT2D eigenvalue weighted by atomic mass is 10.1. The van der Waals surface area contributed by atoms with Crippen LogP contribution in [0.1, 0.15) is 57.2 Å². The van der Waals surface area contributed by atoms with Crippen molar-refractivity contribution in [3.63, 3.8) is 0 Å². The molecule has 1 aromatic heterocycles. The quantitative estimate of drug-likeness (QED) is 0.409. The first-order valence-electron chi connectivity index (χ1n) is 6.86. The lowest BCUT2D eigenvalue weighted by molar-refractivity contribution is 0.570. The highest BCUT2D eigenvalue weighted by Gasteiger charge is 1.98.